The van der Waals surface area contributed by atoms with E-state index < -0.39 is 5.25 Å². The minimum absolute atomic E-state index is 0.148. The fraction of sp³-hybridized carbons (Fsp3) is 0.294. The highest BCUT2D eigenvalue weighted by Gasteiger charge is 2.20. The molecule has 0 bridgehead atoms. The maximum Gasteiger partial charge on any atom is 0.277 e. The lowest BCUT2D eigenvalue weighted by atomic mass is 10.3. The van der Waals surface area contributed by atoms with Crippen LogP contribution in [0.1, 0.15) is 17.6 Å². The van der Waals surface area contributed by atoms with Gasteiger partial charge in [0.05, 0.1) is 23.1 Å². The van der Waals surface area contributed by atoms with Crippen LogP contribution in [0.3, 0.4) is 0 Å². The highest BCUT2D eigenvalue weighted by Crippen LogP contribution is 2.31. The number of anilines is 1. The van der Waals surface area contributed by atoms with Gasteiger partial charge < -0.3 is 14.5 Å². The molecule has 0 spiro atoms. The van der Waals surface area contributed by atoms with Crippen LogP contribution in [0.4, 0.5) is 5.69 Å². The van der Waals surface area contributed by atoms with Gasteiger partial charge in [0.1, 0.15) is 10.6 Å². The zero-order valence-electron chi connectivity index (χ0n) is 14.8. The highest BCUT2D eigenvalue weighted by atomic mass is 32.2. The molecule has 0 radical (unpaired) electrons. The molecule has 2 heterocycles. The molecule has 0 aliphatic carbocycles. The summed E-state index contributed by atoms with van der Waals surface area (Å²) in [6.07, 6.45) is 0. The van der Waals surface area contributed by atoms with Crippen molar-refractivity contribution >= 4 is 34.7 Å². The molecule has 9 heteroatoms. The summed E-state index contributed by atoms with van der Waals surface area (Å²) in [5.74, 6) is 1.01. The molecule has 1 atom stereocenters. The second-order valence-corrected chi connectivity index (χ2v) is 7.99. The van der Waals surface area contributed by atoms with E-state index in [9.17, 15) is 4.79 Å². The van der Waals surface area contributed by atoms with E-state index in [-0.39, 0.29) is 5.91 Å². The van der Waals surface area contributed by atoms with Gasteiger partial charge in [-0.1, -0.05) is 11.8 Å². The van der Waals surface area contributed by atoms with Crippen LogP contribution >= 0.6 is 23.1 Å². The lowest BCUT2D eigenvalue weighted by Gasteiger charge is -2.10. The van der Waals surface area contributed by atoms with E-state index in [4.69, 9.17) is 9.15 Å². The number of rotatable bonds is 6. The number of aromatic nitrogens is 3. The number of carbonyl (C=O) groups is 1. The maximum absolute atomic E-state index is 12.3. The topological polar surface area (TPSA) is 90.1 Å². The zero-order valence-corrected chi connectivity index (χ0v) is 16.4. The summed E-state index contributed by atoms with van der Waals surface area (Å²) in [4.78, 5) is 17.6. The fourth-order valence-electron chi connectivity index (χ4n) is 2.20. The number of carbonyl (C=O) groups excluding carboxylic acids is 1. The minimum Gasteiger partial charge on any atom is -0.497 e. The van der Waals surface area contributed by atoms with E-state index in [2.05, 4.69) is 20.5 Å². The van der Waals surface area contributed by atoms with E-state index in [1.807, 2.05) is 13.8 Å². The molecular weight excluding hydrogens is 372 g/mol. The lowest BCUT2D eigenvalue weighted by molar-refractivity contribution is -0.115. The smallest absolute Gasteiger partial charge is 0.277 e. The lowest BCUT2D eigenvalue weighted by Crippen LogP contribution is -2.22. The molecule has 0 saturated carbocycles. The number of benzene rings is 1. The first-order valence-corrected chi connectivity index (χ1v) is 9.55. The first kappa shape index (κ1) is 18.4. The molecule has 7 nitrogen and oxygen atoms in total. The number of ether oxygens (including phenoxy) is 1. The van der Waals surface area contributed by atoms with Gasteiger partial charge in [0.15, 0.2) is 0 Å². The van der Waals surface area contributed by atoms with Crippen LogP contribution in [0.2, 0.25) is 0 Å². The summed E-state index contributed by atoms with van der Waals surface area (Å²) in [5, 5.41) is 11.8. The predicted octanol–water partition coefficient (Wildman–Crippen LogP) is 3.94. The van der Waals surface area contributed by atoms with Gasteiger partial charge in [-0.3, -0.25) is 4.79 Å². The zero-order chi connectivity index (χ0) is 18.7. The quantitative estimate of drug-likeness (QED) is 0.638. The van der Waals surface area contributed by atoms with Gasteiger partial charge in [0.2, 0.25) is 5.91 Å². The minimum atomic E-state index is -0.394. The predicted molar refractivity (Wildman–Crippen MR) is 102 cm³/mol. The number of nitrogens with one attached hydrogen (secondary N) is 1. The molecule has 26 heavy (non-hydrogen) atoms. The van der Waals surface area contributed by atoms with E-state index in [0.717, 1.165) is 21.3 Å². The standard InChI is InChI=1S/C17H18N4O3S2/c1-9-14(26-11(3)18-9)16-20-21-17(24-16)25-10(2)15(22)19-12-5-7-13(23-4)8-6-12/h5-8,10H,1-4H3,(H,19,22)/t10-/m1/s1. The van der Waals surface area contributed by atoms with Crippen LogP contribution in [0.5, 0.6) is 5.75 Å². The van der Waals surface area contributed by atoms with Gasteiger partial charge >= 0.3 is 0 Å². The monoisotopic (exact) mass is 390 g/mol. The van der Waals surface area contributed by atoms with Gasteiger partial charge in [0.25, 0.3) is 11.1 Å². The summed E-state index contributed by atoms with van der Waals surface area (Å²) in [6.45, 7) is 5.62. The molecule has 0 fully saturated rings. The Bertz CT molecular complexity index is 905. The second kappa shape index (κ2) is 7.88. The van der Waals surface area contributed by atoms with Gasteiger partial charge in [0, 0.05) is 5.69 Å². The van der Waals surface area contributed by atoms with E-state index in [0.29, 0.717) is 16.8 Å². The number of methoxy groups -OCH3 is 1. The molecule has 1 N–H and O–H groups in total. The van der Waals surface area contributed by atoms with Crippen LogP contribution in [0.15, 0.2) is 33.9 Å². The Balaban J connectivity index is 1.63. The summed E-state index contributed by atoms with van der Waals surface area (Å²) >= 11 is 2.72. The van der Waals surface area contributed by atoms with Gasteiger partial charge in [-0.05, 0) is 45.0 Å². The summed E-state index contributed by atoms with van der Waals surface area (Å²) in [6, 6.07) is 7.15. The van der Waals surface area contributed by atoms with E-state index >= 15 is 0 Å². The van der Waals surface area contributed by atoms with Crippen molar-refractivity contribution < 1.29 is 13.9 Å². The first-order chi connectivity index (χ1) is 12.5. The Morgan fingerprint density at radius 3 is 2.62 bits per heavy atom. The van der Waals surface area contributed by atoms with Gasteiger partial charge in [-0.15, -0.1) is 21.5 Å². The highest BCUT2D eigenvalue weighted by molar-refractivity contribution is 8.00. The number of aryl methyl sites for hydroxylation is 2. The molecule has 0 unspecified atom stereocenters. The molecule has 2 aromatic heterocycles. The third-order valence-corrected chi connectivity index (χ3v) is 5.50. The average molecular weight is 390 g/mol. The van der Waals surface area contributed by atoms with Gasteiger partial charge in [-0.2, -0.15) is 0 Å². The average Bonchev–Trinajstić information content (AvgIpc) is 3.21. The summed E-state index contributed by atoms with van der Waals surface area (Å²) in [5.41, 5.74) is 1.56. The third kappa shape index (κ3) is 4.23. The number of amides is 1. The Kier molecular flexibility index (Phi) is 5.58. The molecule has 136 valence electrons. The van der Waals surface area contributed by atoms with Crippen molar-refractivity contribution in [2.45, 2.75) is 31.2 Å². The van der Waals surface area contributed by atoms with Crippen molar-refractivity contribution in [1.29, 1.82) is 0 Å². The summed E-state index contributed by atoms with van der Waals surface area (Å²) in [7, 11) is 1.60. The normalized spacial score (nSPS) is 12.0. The van der Waals surface area contributed by atoms with Crippen molar-refractivity contribution in [3.8, 4) is 16.5 Å². The number of hydrogen-bond acceptors (Lipinski definition) is 8. The third-order valence-electron chi connectivity index (χ3n) is 3.51. The molecule has 3 aromatic rings. The van der Waals surface area contributed by atoms with Crippen LogP contribution in [0.25, 0.3) is 10.8 Å². The number of hydrogen-bond donors (Lipinski definition) is 1. The summed E-state index contributed by atoms with van der Waals surface area (Å²) < 4.78 is 10.8. The molecular formula is C17H18N4O3S2. The Morgan fingerprint density at radius 2 is 2.00 bits per heavy atom. The van der Waals surface area contributed by atoms with Crippen molar-refractivity contribution in [2.24, 2.45) is 0 Å². The number of thiazole rings is 1. The van der Waals surface area contributed by atoms with E-state index in [1.165, 1.54) is 23.1 Å². The van der Waals surface area contributed by atoms with Crippen LogP contribution in [-0.4, -0.2) is 33.4 Å². The van der Waals surface area contributed by atoms with E-state index in [1.54, 1.807) is 38.3 Å². The number of thioether (sulfide) groups is 1. The van der Waals surface area contributed by atoms with Gasteiger partial charge in [-0.25, -0.2) is 4.98 Å². The Labute approximate surface area is 159 Å². The van der Waals surface area contributed by atoms with Crippen LogP contribution in [-0.2, 0) is 4.79 Å². The van der Waals surface area contributed by atoms with Crippen molar-refractivity contribution in [3.05, 3.63) is 35.0 Å². The molecule has 1 amide bonds. The molecule has 0 saturated heterocycles. The van der Waals surface area contributed by atoms with Crippen LogP contribution in [0, 0.1) is 13.8 Å². The Morgan fingerprint density at radius 1 is 1.27 bits per heavy atom. The molecule has 1 aromatic carbocycles. The van der Waals surface area contributed by atoms with Crippen molar-refractivity contribution in [1.82, 2.24) is 15.2 Å². The van der Waals surface area contributed by atoms with Crippen LogP contribution < -0.4 is 10.1 Å². The second-order valence-electron chi connectivity index (χ2n) is 5.50. The molecule has 0 aliphatic heterocycles. The SMILES string of the molecule is COc1ccc(NC(=O)[C@@H](C)Sc2nnc(-c3sc(C)nc3C)o2)cc1. The molecule has 3 rings (SSSR count). The largest absolute Gasteiger partial charge is 0.497 e. The Hall–Kier alpha value is -2.39. The fourth-order valence-corrected chi connectivity index (χ4v) is 3.73. The molecule has 0 aliphatic rings. The maximum atomic E-state index is 12.3. The van der Waals surface area contributed by atoms with Crippen molar-refractivity contribution in [3.63, 3.8) is 0 Å². The number of nitrogens with zero attached hydrogens (tertiary/aromatic N) is 3. The van der Waals surface area contributed by atoms with Crippen molar-refractivity contribution in [2.75, 3.05) is 12.4 Å². The first-order valence-electron chi connectivity index (χ1n) is 7.85.